The molecular weight excluding hydrogens is 299 g/mol. The number of thiol groups is 1. The number of alkyl halides is 1. The third kappa shape index (κ3) is 3.49. The van der Waals surface area contributed by atoms with Gasteiger partial charge in [0.25, 0.3) is 0 Å². The van der Waals surface area contributed by atoms with Crippen molar-refractivity contribution in [3.05, 3.63) is 18.3 Å². The van der Waals surface area contributed by atoms with E-state index in [9.17, 15) is 4.39 Å². The summed E-state index contributed by atoms with van der Waals surface area (Å²) in [5, 5.41) is 0. The minimum Gasteiger partial charge on any atom is -0.349 e. The summed E-state index contributed by atoms with van der Waals surface area (Å²) in [6.07, 6.45) is -0.0144. The Labute approximate surface area is 127 Å². The molecule has 3 atom stereocenters. The summed E-state index contributed by atoms with van der Waals surface area (Å²) < 4.78 is 30.3. The zero-order valence-corrected chi connectivity index (χ0v) is 12.8. The van der Waals surface area contributed by atoms with Gasteiger partial charge in [0.05, 0.1) is 18.6 Å². The number of hydrogen-bond acceptors (Lipinski definition) is 7. The molecule has 2 rings (SSSR count). The fraction of sp³-hybridized carbons (Fsp3) is 0.583. The summed E-state index contributed by atoms with van der Waals surface area (Å²) in [7, 11) is 1.26. The molecule has 0 aromatic carbocycles. The maximum Gasteiger partial charge on any atom is 0.227 e. The van der Waals surface area contributed by atoms with E-state index in [1.807, 2.05) is 6.92 Å². The number of hydrogen-bond donors (Lipinski definition) is 1. The van der Waals surface area contributed by atoms with Crippen LogP contribution >= 0.6 is 12.9 Å². The SMILES string of the molecule is CO[C@H](F)C(COS)OC(C)n1cnc2c(C)ncnc21. The molecule has 116 valence electrons. The van der Waals surface area contributed by atoms with Crippen LogP contribution in [-0.4, -0.2) is 45.7 Å². The van der Waals surface area contributed by atoms with E-state index in [0.717, 1.165) is 5.69 Å². The minimum absolute atomic E-state index is 0.0525. The zero-order chi connectivity index (χ0) is 15.4. The number of fused-ring (bicyclic) bond motifs is 1. The first kappa shape index (κ1) is 16.1. The Bertz CT molecular complexity index is 597. The second-order valence-corrected chi connectivity index (χ2v) is 4.70. The number of aryl methyl sites for hydroxylation is 1. The molecule has 0 aliphatic heterocycles. The van der Waals surface area contributed by atoms with Gasteiger partial charge >= 0.3 is 0 Å². The molecule has 2 unspecified atom stereocenters. The summed E-state index contributed by atoms with van der Waals surface area (Å²) in [6, 6.07) is 0. The molecule has 7 nitrogen and oxygen atoms in total. The van der Waals surface area contributed by atoms with Gasteiger partial charge in [-0.3, -0.25) is 4.57 Å². The maximum atomic E-state index is 13.7. The summed E-state index contributed by atoms with van der Waals surface area (Å²) in [6.45, 7) is 3.54. The summed E-state index contributed by atoms with van der Waals surface area (Å²) >= 11 is 3.62. The fourth-order valence-corrected chi connectivity index (χ4v) is 2.10. The number of rotatable bonds is 7. The van der Waals surface area contributed by atoms with Gasteiger partial charge in [0.1, 0.15) is 24.2 Å². The number of ether oxygens (including phenoxy) is 2. The Morgan fingerprint density at radius 1 is 1.38 bits per heavy atom. The third-order valence-corrected chi connectivity index (χ3v) is 3.21. The van der Waals surface area contributed by atoms with Gasteiger partial charge in [-0.25, -0.2) is 19.3 Å². The summed E-state index contributed by atoms with van der Waals surface area (Å²) in [5.41, 5.74) is 2.06. The van der Waals surface area contributed by atoms with Crippen molar-refractivity contribution in [2.75, 3.05) is 13.7 Å². The van der Waals surface area contributed by atoms with Crippen molar-refractivity contribution in [2.45, 2.75) is 32.5 Å². The molecule has 0 amide bonds. The molecule has 2 aromatic rings. The topological polar surface area (TPSA) is 71.3 Å². The highest BCUT2D eigenvalue weighted by molar-refractivity contribution is 7.75. The van der Waals surface area contributed by atoms with Crippen LogP contribution in [0.3, 0.4) is 0 Å². The van der Waals surface area contributed by atoms with Crippen molar-refractivity contribution in [3.8, 4) is 0 Å². The lowest BCUT2D eigenvalue weighted by Gasteiger charge is -2.24. The Balaban J connectivity index is 2.21. The number of aromatic nitrogens is 4. The van der Waals surface area contributed by atoms with Crippen molar-refractivity contribution in [1.82, 2.24) is 19.5 Å². The van der Waals surface area contributed by atoms with E-state index < -0.39 is 18.7 Å². The van der Waals surface area contributed by atoms with Gasteiger partial charge in [-0.05, 0) is 26.8 Å². The zero-order valence-electron chi connectivity index (χ0n) is 11.9. The highest BCUT2D eigenvalue weighted by Gasteiger charge is 2.25. The van der Waals surface area contributed by atoms with Gasteiger partial charge in [-0.15, -0.1) is 0 Å². The molecule has 0 fully saturated rings. The van der Waals surface area contributed by atoms with E-state index in [2.05, 4.69) is 36.8 Å². The normalized spacial score (nSPS) is 16.0. The highest BCUT2D eigenvalue weighted by Crippen LogP contribution is 2.21. The Morgan fingerprint density at radius 3 is 2.81 bits per heavy atom. The monoisotopic (exact) mass is 316 g/mol. The standard InChI is InChI=1S/C12H17FN4O3S/c1-7-10-12(15-5-14-7)17(6-16-10)8(2)20-9(4-19-21)11(13)18-3/h5-6,8-9,11,21H,4H2,1-3H3/t8?,9?,11-/m0/s1. The lowest BCUT2D eigenvalue weighted by Crippen LogP contribution is -2.33. The van der Waals surface area contributed by atoms with Crippen molar-refractivity contribution in [1.29, 1.82) is 0 Å². The van der Waals surface area contributed by atoms with Crippen molar-refractivity contribution < 1.29 is 18.0 Å². The van der Waals surface area contributed by atoms with E-state index in [1.54, 1.807) is 17.8 Å². The van der Waals surface area contributed by atoms with Crippen LogP contribution in [0.1, 0.15) is 18.8 Å². The van der Waals surface area contributed by atoms with Crippen LogP contribution in [0.15, 0.2) is 12.7 Å². The molecule has 2 aromatic heterocycles. The van der Waals surface area contributed by atoms with Crippen LogP contribution in [0.5, 0.6) is 0 Å². The van der Waals surface area contributed by atoms with E-state index in [0.29, 0.717) is 11.2 Å². The molecule has 0 saturated carbocycles. The lowest BCUT2D eigenvalue weighted by molar-refractivity contribution is -0.162. The molecule has 9 heteroatoms. The fourth-order valence-electron chi connectivity index (χ4n) is 1.96. The number of imidazole rings is 1. The molecule has 0 N–H and O–H groups in total. The van der Waals surface area contributed by atoms with Crippen LogP contribution in [0.25, 0.3) is 11.2 Å². The van der Waals surface area contributed by atoms with Crippen molar-refractivity contribution in [2.24, 2.45) is 0 Å². The summed E-state index contributed by atoms with van der Waals surface area (Å²) in [4.78, 5) is 12.5. The van der Waals surface area contributed by atoms with Gasteiger partial charge in [-0.2, -0.15) is 0 Å². The molecular formula is C12H17FN4O3S. The van der Waals surface area contributed by atoms with Gasteiger partial charge in [-0.1, -0.05) is 0 Å². The van der Waals surface area contributed by atoms with Gasteiger partial charge < -0.3 is 13.7 Å². The van der Waals surface area contributed by atoms with Crippen molar-refractivity contribution >= 4 is 24.1 Å². The van der Waals surface area contributed by atoms with E-state index in [1.165, 1.54) is 13.4 Å². The molecule has 0 saturated heterocycles. The molecule has 0 aliphatic carbocycles. The molecule has 0 bridgehead atoms. The number of halogens is 1. The summed E-state index contributed by atoms with van der Waals surface area (Å²) in [5.74, 6) is 0. The molecule has 21 heavy (non-hydrogen) atoms. The lowest BCUT2D eigenvalue weighted by atomic mass is 10.3. The van der Waals surface area contributed by atoms with Crippen LogP contribution in [0, 0.1) is 6.92 Å². The average molecular weight is 316 g/mol. The third-order valence-electron chi connectivity index (χ3n) is 3.06. The second-order valence-electron chi connectivity index (χ2n) is 4.44. The Morgan fingerprint density at radius 2 is 2.14 bits per heavy atom. The van der Waals surface area contributed by atoms with Crippen molar-refractivity contribution in [3.63, 3.8) is 0 Å². The van der Waals surface area contributed by atoms with Crippen LogP contribution < -0.4 is 0 Å². The smallest absolute Gasteiger partial charge is 0.227 e. The quantitative estimate of drug-likeness (QED) is 0.621. The molecule has 0 radical (unpaired) electrons. The predicted molar refractivity (Wildman–Crippen MR) is 76.5 cm³/mol. The number of nitrogens with zero attached hydrogens (tertiary/aromatic N) is 4. The van der Waals surface area contributed by atoms with Gasteiger partial charge in [0.15, 0.2) is 5.65 Å². The van der Waals surface area contributed by atoms with Crippen LogP contribution in [0.4, 0.5) is 4.39 Å². The molecule has 0 aliphatic rings. The first-order valence-corrected chi connectivity index (χ1v) is 6.67. The largest absolute Gasteiger partial charge is 0.349 e. The first-order valence-electron chi connectivity index (χ1n) is 6.31. The highest BCUT2D eigenvalue weighted by atomic mass is 32.1. The number of methoxy groups -OCH3 is 1. The molecule has 0 spiro atoms. The van der Waals surface area contributed by atoms with E-state index >= 15 is 0 Å². The Kier molecular flexibility index (Phi) is 5.45. The first-order chi connectivity index (χ1) is 10.1. The Hall–Kier alpha value is -1.29. The van der Waals surface area contributed by atoms with Gasteiger partial charge in [0.2, 0.25) is 6.36 Å². The predicted octanol–water partition coefficient (Wildman–Crippen LogP) is 1.84. The second kappa shape index (κ2) is 7.12. The maximum absolute atomic E-state index is 13.7. The average Bonchev–Trinajstić information content (AvgIpc) is 2.91. The van der Waals surface area contributed by atoms with Crippen LogP contribution in [0.2, 0.25) is 0 Å². The molecule has 2 heterocycles. The van der Waals surface area contributed by atoms with Crippen LogP contribution in [-0.2, 0) is 13.7 Å². The van der Waals surface area contributed by atoms with E-state index in [-0.39, 0.29) is 6.61 Å². The minimum atomic E-state index is -1.62. The van der Waals surface area contributed by atoms with E-state index in [4.69, 9.17) is 4.74 Å². The van der Waals surface area contributed by atoms with Gasteiger partial charge in [0, 0.05) is 7.11 Å².